The molecule has 3 rings (SSSR count). The van der Waals surface area contributed by atoms with Crippen LogP contribution >= 0.6 is 11.6 Å². The summed E-state index contributed by atoms with van der Waals surface area (Å²) in [6, 6.07) is 14.2. The molecule has 164 valence electrons. The van der Waals surface area contributed by atoms with Gasteiger partial charge in [-0.25, -0.2) is 0 Å². The van der Waals surface area contributed by atoms with Gasteiger partial charge >= 0.3 is 0 Å². The monoisotopic (exact) mass is 443 g/mol. The third kappa shape index (κ3) is 7.36. The second-order valence-electron chi connectivity index (χ2n) is 7.39. The van der Waals surface area contributed by atoms with Gasteiger partial charge in [0.15, 0.2) is 0 Å². The van der Waals surface area contributed by atoms with E-state index in [0.29, 0.717) is 48.3 Å². The molecule has 8 nitrogen and oxygen atoms in total. The molecule has 3 N–H and O–H groups in total. The zero-order chi connectivity index (χ0) is 22.2. The van der Waals surface area contributed by atoms with Gasteiger partial charge in [0.25, 0.3) is 0 Å². The van der Waals surface area contributed by atoms with Crippen molar-refractivity contribution in [3.8, 4) is 0 Å². The summed E-state index contributed by atoms with van der Waals surface area (Å²) in [6.45, 7) is 4.76. The van der Waals surface area contributed by atoms with Crippen molar-refractivity contribution < 1.29 is 14.4 Å². The van der Waals surface area contributed by atoms with E-state index in [2.05, 4.69) is 25.8 Å². The molecule has 0 atom stereocenters. The van der Waals surface area contributed by atoms with Crippen LogP contribution in [0.1, 0.15) is 6.92 Å². The number of piperazine rings is 1. The van der Waals surface area contributed by atoms with E-state index in [1.807, 2.05) is 12.1 Å². The summed E-state index contributed by atoms with van der Waals surface area (Å²) >= 11 is 6.08. The number of anilines is 3. The van der Waals surface area contributed by atoms with Crippen molar-refractivity contribution in [3.05, 3.63) is 53.6 Å². The molecule has 0 bridgehead atoms. The Bertz CT molecular complexity index is 944. The number of hydrogen-bond acceptors (Lipinski definition) is 5. The highest BCUT2D eigenvalue weighted by molar-refractivity contribution is 6.33. The van der Waals surface area contributed by atoms with Gasteiger partial charge in [0.2, 0.25) is 17.7 Å². The fourth-order valence-electron chi connectivity index (χ4n) is 3.34. The number of para-hydroxylation sites is 1. The molecule has 2 aromatic carbocycles. The number of benzene rings is 2. The minimum absolute atomic E-state index is 0.113. The number of amides is 3. The Hall–Kier alpha value is -2.94. The molecule has 31 heavy (non-hydrogen) atoms. The number of carbonyl (C=O) groups is 3. The Morgan fingerprint density at radius 1 is 0.806 bits per heavy atom. The molecule has 3 amide bonds. The molecule has 0 aliphatic carbocycles. The molecule has 9 heteroatoms. The van der Waals surface area contributed by atoms with E-state index in [1.54, 1.807) is 36.4 Å². The second kappa shape index (κ2) is 10.9. The predicted molar refractivity (Wildman–Crippen MR) is 122 cm³/mol. The average Bonchev–Trinajstić information content (AvgIpc) is 2.71. The van der Waals surface area contributed by atoms with Gasteiger partial charge in [0, 0.05) is 44.5 Å². The van der Waals surface area contributed by atoms with E-state index in [4.69, 9.17) is 11.6 Å². The van der Waals surface area contributed by atoms with Crippen LogP contribution in [-0.4, -0.2) is 66.8 Å². The van der Waals surface area contributed by atoms with Crippen molar-refractivity contribution in [1.29, 1.82) is 0 Å². The molecule has 0 aromatic heterocycles. The van der Waals surface area contributed by atoms with Crippen molar-refractivity contribution >= 4 is 46.4 Å². The molecule has 1 aliphatic rings. The van der Waals surface area contributed by atoms with Crippen molar-refractivity contribution in [3.63, 3.8) is 0 Å². The smallest absolute Gasteiger partial charge is 0.238 e. The number of carbonyl (C=O) groups excluding carboxylic acids is 3. The minimum atomic E-state index is -0.165. The summed E-state index contributed by atoms with van der Waals surface area (Å²) in [6.07, 6.45) is 0. The van der Waals surface area contributed by atoms with Gasteiger partial charge in [0.1, 0.15) is 0 Å². The molecule has 0 radical (unpaired) electrons. The molecule has 0 saturated carbocycles. The van der Waals surface area contributed by atoms with Crippen LogP contribution in [0.3, 0.4) is 0 Å². The largest absolute Gasteiger partial charge is 0.326 e. The topological polar surface area (TPSA) is 93.8 Å². The summed E-state index contributed by atoms with van der Waals surface area (Å²) in [5.74, 6) is -0.398. The zero-order valence-corrected chi connectivity index (χ0v) is 18.1. The van der Waals surface area contributed by atoms with E-state index in [-0.39, 0.29) is 30.8 Å². The highest BCUT2D eigenvalue weighted by Crippen LogP contribution is 2.20. The summed E-state index contributed by atoms with van der Waals surface area (Å²) < 4.78 is 0. The van der Waals surface area contributed by atoms with Crippen LogP contribution in [0, 0.1) is 0 Å². The fourth-order valence-corrected chi connectivity index (χ4v) is 3.53. The highest BCUT2D eigenvalue weighted by Gasteiger charge is 2.21. The molecule has 1 aliphatic heterocycles. The van der Waals surface area contributed by atoms with Crippen LogP contribution in [0.5, 0.6) is 0 Å². The summed E-state index contributed by atoms with van der Waals surface area (Å²) in [4.78, 5) is 39.9. The number of hydrogen-bond donors (Lipinski definition) is 3. The van der Waals surface area contributed by atoms with E-state index in [9.17, 15) is 14.4 Å². The van der Waals surface area contributed by atoms with Crippen molar-refractivity contribution in [2.45, 2.75) is 6.92 Å². The van der Waals surface area contributed by atoms with Gasteiger partial charge in [-0.1, -0.05) is 29.8 Å². The maximum absolute atomic E-state index is 12.4. The predicted octanol–water partition coefficient (Wildman–Crippen LogP) is 2.49. The first-order valence-electron chi connectivity index (χ1n) is 10.1. The van der Waals surface area contributed by atoms with Crippen molar-refractivity contribution in [2.24, 2.45) is 0 Å². The molecule has 0 unspecified atom stereocenters. The van der Waals surface area contributed by atoms with Crippen molar-refractivity contribution in [2.75, 3.05) is 55.2 Å². The minimum Gasteiger partial charge on any atom is -0.326 e. The quantitative estimate of drug-likeness (QED) is 0.611. The lowest BCUT2D eigenvalue weighted by atomic mass is 10.2. The summed E-state index contributed by atoms with van der Waals surface area (Å²) in [5.41, 5.74) is 1.87. The van der Waals surface area contributed by atoms with E-state index >= 15 is 0 Å². The number of nitrogens with zero attached hydrogens (tertiary/aromatic N) is 2. The van der Waals surface area contributed by atoms with Gasteiger partial charge in [-0.2, -0.15) is 0 Å². The Balaban J connectivity index is 1.40. The van der Waals surface area contributed by atoms with Crippen LogP contribution < -0.4 is 16.0 Å². The molecule has 1 fully saturated rings. The highest BCUT2D eigenvalue weighted by atomic mass is 35.5. The summed E-state index contributed by atoms with van der Waals surface area (Å²) in [5, 5.41) is 8.89. The van der Waals surface area contributed by atoms with E-state index < -0.39 is 0 Å². The van der Waals surface area contributed by atoms with Crippen LogP contribution in [0.15, 0.2) is 48.5 Å². The number of halogens is 1. The fraction of sp³-hybridized carbons (Fsp3) is 0.318. The average molecular weight is 444 g/mol. The molecule has 1 heterocycles. The lowest BCUT2D eigenvalue weighted by Crippen LogP contribution is -2.50. The number of rotatable bonds is 7. The van der Waals surface area contributed by atoms with Crippen LogP contribution in [-0.2, 0) is 14.4 Å². The third-order valence-electron chi connectivity index (χ3n) is 4.81. The van der Waals surface area contributed by atoms with E-state index in [1.165, 1.54) is 6.92 Å². The molecule has 0 spiro atoms. The van der Waals surface area contributed by atoms with Gasteiger partial charge in [-0.3, -0.25) is 24.2 Å². The summed E-state index contributed by atoms with van der Waals surface area (Å²) in [7, 11) is 0. The van der Waals surface area contributed by atoms with E-state index in [0.717, 1.165) is 0 Å². The normalized spacial score (nSPS) is 14.6. The molecular formula is C22H26ClN5O3. The lowest BCUT2D eigenvalue weighted by Gasteiger charge is -2.33. The first-order valence-corrected chi connectivity index (χ1v) is 10.4. The molecule has 1 saturated heterocycles. The van der Waals surface area contributed by atoms with Gasteiger partial charge in [-0.05, 0) is 30.3 Å². The molecule has 2 aromatic rings. The van der Waals surface area contributed by atoms with Gasteiger partial charge in [-0.15, -0.1) is 0 Å². The van der Waals surface area contributed by atoms with Gasteiger partial charge in [0.05, 0.1) is 23.8 Å². The van der Waals surface area contributed by atoms with Crippen molar-refractivity contribution in [1.82, 2.24) is 9.80 Å². The molecular weight excluding hydrogens is 418 g/mol. The third-order valence-corrected chi connectivity index (χ3v) is 5.14. The SMILES string of the molecule is CC(=O)Nc1cccc(NC(=O)CN2CCN(CC(=O)Nc3ccccc3Cl)CC2)c1. The van der Waals surface area contributed by atoms with Crippen LogP contribution in [0.2, 0.25) is 5.02 Å². The Morgan fingerprint density at radius 2 is 1.35 bits per heavy atom. The Kier molecular flexibility index (Phi) is 8.00. The Morgan fingerprint density at radius 3 is 1.94 bits per heavy atom. The zero-order valence-electron chi connectivity index (χ0n) is 17.4. The first kappa shape index (κ1) is 22.7. The Labute approximate surface area is 186 Å². The van der Waals surface area contributed by atoms with Gasteiger partial charge < -0.3 is 16.0 Å². The standard InChI is InChI=1S/C22H26ClN5O3/c1-16(29)24-17-5-4-6-18(13-17)25-21(30)14-27-9-11-28(12-10-27)15-22(31)26-20-8-3-2-7-19(20)23/h2-8,13H,9-12,14-15H2,1H3,(H,24,29)(H,25,30)(H,26,31). The number of nitrogens with one attached hydrogen (secondary N) is 3. The van der Waals surface area contributed by atoms with Crippen LogP contribution in [0.25, 0.3) is 0 Å². The maximum atomic E-state index is 12.4. The first-order chi connectivity index (χ1) is 14.9. The van der Waals surface area contributed by atoms with Crippen LogP contribution in [0.4, 0.5) is 17.1 Å². The lowest BCUT2D eigenvalue weighted by molar-refractivity contribution is -0.120. The second-order valence-corrected chi connectivity index (χ2v) is 7.80. The maximum Gasteiger partial charge on any atom is 0.238 e.